The second-order valence-electron chi connectivity index (χ2n) is 8.27. The standard InChI is InChI=1S/C31H21Cl/c32-29-18-10-17-27-30(29)26-20-19-23(22-11-4-1-5-12-22)21-28(26)31(27,24-13-6-2-7-14-24)25-15-8-3-9-16-25/h1-21H. The van der Waals surface area contributed by atoms with Gasteiger partial charge >= 0.3 is 0 Å². The summed E-state index contributed by atoms with van der Waals surface area (Å²) in [6, 6.07) is 45.4. The van der Waals surface area contributed by atoms with Gasteiger partial charge in [0.15, 0.2) is 0 Å². The molecule has 32 heavy (non-hydrogen) atoms. The molecule has 152 valence electrons. The summed E-state index contributed by atoms with van der Waals surface area (Å²) in [7, 11) is 0. The van der Waals surface area contributed by atoms with Gasteiger partial charge in [-0.15, -0.1) is 0 Å². The molecule has 0 unspecified atom stereocenters. The monoisotopic (exact) mass is 428 g/mol. The molecule has 0 aliphatic heterocycles. The third-order valence-electron chi connectivity index (χ3n) is 6.63. The second-order valence-corrected chi connectivity index (χ2v) is 8.68. The van der Waals surface area contributed by atoms with Crippen molar-refractivity contribution in [1.29, 1.82) is 0 Å². The van der Waals surface area contributed by atoms with E-state index in [9.17, 15) is 0 Å². The molecular formula is C31H21Cl. The van der Waals surface area contributed by atoms with Gasteiger partial charge in [0.05, 0.1) is 5.41 Å². The van der Waals surface area contributed by atoms with Gasteiger partial charge in [-0.1, -0.05) is 127 Å². The van der Waals surface area contributed by atoms with Gasteiger partial charge in [0.25, 0.3) is 0 Å². The lowest BCUT2D eigenvalue weighted by Gasteiger charge is -2.34. The minimum Gasteiger partial charge on any atom is -0.0837 e. The third-order valence-corrected chi connectivity index (χ3v) is 6.95. The summed E-state index contributed by atoms with van der Waals surface area (Å²) in [5.41, 5.74) is 9.36. The van der Waals surface area contributed by atoms with Crippen molar-refractivity contribution >= 4 is 11.6 Å². The highest BCUT2D eigenvalue weighted by Crippen LogP contribution is 2.58. The highest BCUT2D eigenvalue weighted by atomic mass is 35.5. The van der Waals surface area contributed by atoms with Gasteiger partial charge < -0.3 is 0 Å². The predicted octanol–water partition coefficient (Wildman–Crippen LogP) is 8.37. The maximum absolute atomic E-state index is 6.86. The fraction of sp³-hybridized carbons (Fsp3) is 0.0323. The SMILES string of the molecule is Clc1cccc2c1-c1ccc(-c3ccccc3)cc1C2(c1ccccc1)c1ccccc1. The van der Waals surface area contributed by atoms with E-state index in [-0.39, 0.29) is 0 Å². The average molecular weight is 429 g/mol. The van der Waals surface area contributed by atoms with Crippen LogP contribution in [0, 0.1) is 0 Å². The van der Waals surface area contributed by atoms with Crippen LogP contribution in [0.1, 0.15) is 22.3 Å². The minimum atomic E-state index is -0.428. The normalized spacial score (nSPS) is 13.4. The molecule has 0 fully saturated rings. The zero-order chi connectivity index (χ0) is 21.5. The van der Waals surface area contributed by atoms with E-state index < -0.39 is 5.41 Å². The van der Waals surface area contributed by atoms with Crippen molar-refractivity contribution in [3.63, 3.8) is 0 Å². The first kappa shape index (κ1) is 19.1. The van der Waals surface area contributed by atoms with Gasteiger partial charge in [-0.25, -0.2) is 0 Å². The van der Waals surface area contributed by atoms with Gasteiger partial charge in [-0.3, -0.25) is 0 Å². The summed E-state index contributed by atoms with van der Waals surface area (Å²) in [5.74, 6) is 0. The van der Waals surface area contributed by atoms with Crippen LogP contribution in [-0.2, 0) is 5.41 Å². The molecule has 0 N–H and O–H groups in total. The molecule has 0 amide bonds. The van der Waals surface area contributed by atoms with Crippen molar-refractivity contribution in [1.82, 2.24) is 0 Å². The number of fused-ring (bicyclic) bond motifs is 3. The molecule has 0 spiro atoms. The number of hydrogen-bond acceptors (Lipinski definition) is 0. The Balaban J connectivity index is 1.77. The average Bonchev–Trinajstić information content (AvgIpc) is 3.17. The van der Waals surface area contributed by atoms with E-state index in [1.807, 2.05) is 6.07 Å². The fourth-order valence-electron chi connectivity index (χ4n) is 5.30. The van der Waals surface area contributed by atoms with Crippen molar-refractivity contribution in [3.8, 4) is 22.3 Å². The van der Waals surface area contributed by atoms with Gasteiger partial charge in [-0.05, 0) is 51.1 Å². The van der Waals surface area contributed by atoms with Crippen LogP contribution in [0.3, 0.4) is 0 Å². The molecule has 0 aromatic heterocycles. The Morgan fingerprint density at radius 3 is 1.69 bits per heavy atom. The van der Waals surface area contributed by atoms with E-state index in [0.29, 0.717) is 0 Å². The van der Waals surface area contributed by atoms with Crippen molar-refractivity contribution in [2.75, 3.05) is 0 Å². The van der Waals surface area contributed by atoms with Crippen LogP contribution in [0.2, 0.25) is 5.02 Å². The van der Waals surface area contributed by atoms with Crippen molar-refractivity contribution in [2.45, 2.75) is 5.41 Å². The van der Waals surface area contributed by atoms with Crippen molar-refractivity contribution in [3.05, 3.63) is 155 Å². The van der Waals surface area contributed by atoms with E-state index in [0.717, 1.165) is 10.6 Å². The lowest BCUT2D eigenvalue weighted by atomic mass is 9.67. The maximum Gasteiger partial charge on any atom is 0.0714 e. The molecule has 6 rings (SSSR count). The largest absolute Gasteiger partial charge is 0.0837 e. The van der Waals surface area contributed by atoms with Gasteiger partial charge in [0.1, 0.15) is 0 Å². The second kappa shape index (κ2) is 7.51. The van der Waals surface area contributed by atoms with Gasteiger partial charge in [-0.2, -0.15) is 0 Å². The van der Waals surface area contributed by atoms with E-state index in [4.69, 9.17) is 11.6 Å². The van der Waals surface area contributed by atoms with E-state index in [2.05, 4.69) is 121 Å². The highest BCUT2D eigenvalue weighted by molar-refractivity contribution is 6.34. The first-order chi connectivity index (χ1) is 15.8. The van der Waals surface area contributed by atoms with Crippen LogP contribution in [0.4, 0.5) is 0 Å². The summed E-state index contributed by atoms with van der Waals surface area (Å²) >= 11 is 6.86. The molecule has 0 radical (unpaired) electrons. The van der Waals surface area contributed by atoms with Crippen molar-refractivity contribution in [2.24, 2.45) is 0 Å². The summed E-state index contributed by atoms with van der Waals surface area (Å²) in [6.45, 7) is 0. The van der Waals surface area contributed by atoms with E-state index in [1.165, 1.54) is 38.9 Å². The lowest BCUT2D eigenvalue weighted by molar-refractivity contribution is 0.769. The van der Waals surface area contributed by atoms with Gasteiger partial charge in [0.2, 0.25) is 0 Å². The molecule has 1 aliphatic rings. The van der Waals surface area contributed by atoms with Gasteiger partial charge in [0, 0.05) is 10.6 Å². The van der Waals surface area contributed by atoms with Crippen LogP contribution < -0.4 is 0 Å². The quantitative estimate of drug-likeness (QED) is 0.265. The predicted molar refractivity (Wildman–Crippen MR) is 134 cm³/mol. The molecule has 1 aliphatic carbocycles. The fourth-order valence-corrected chi connectivity index (χ4v) is 5.58. The zero-order valence-corrected chi connectivity index (χ0v) is 18.3. The lowest BCUT2D eigenvalue weighted by Crippen LogP contribution is -2.28. The molecule has 5 aromatic carbocycles. The Kier molecular flexibility index (Phi) is 4.48. The number of rotatable bonds is 3. The first-order valence-corrected chi connectivity index (χ1v) is 11.3. The Labute approximate surface area is 193 Å². The minimum absolute atomic E-state index is 0.428. The van der Waals surface area contributed by atoms with Crippen LogP contribution >= 0.6 is 11.6 Å². The third kappa shape index (κ3) is 2.70. The molecule has 0 saturated heterocycles. The number of hydrogen-bond donors (Lipinski definition) is 0. The zero-order valence-electron chi connectivity index (χ0n) is 17.5. The molecule has 0 heterocycles. The smallest absolute Gasteiger partial charge is 0.0714 e. The molecule has 0 nitrogen and oxygen atoms in total. The first-order valence-electron chi connectivity index (χ1n) is 10.9. The molecular weight excluding hydrogens is 408 g/mol. The molecule has 5 aromatic rings. The Bertz CT molecular complexity index is 1360. The Hall–Kier alpha value is -3.61. The summed E-state index contributed by atoms with van der Waals surface area (Å²) in [5, 5.41) is 0.796. The Morgan fingerprint density at radius 1 is 0.469 bits per heavy atom. The topological polar surface area (TPSA) is 0 Å². The Morgan fingerprint density at radius 2 is 1.06 bits per heavy atom. The number of benzene rings is 5. The molecule has 0 bridgehead atoms. The highest BCUT2D eigenvalue weighted by Gasteiger charge is 2.46. The number of halogens is 1. The summed E-state index contributed by atoms with van der Waals surface area (Å²) in [4.78, 5) is 0. The summed E-state index contributed by atoms with van der Waals surface area (Å²) < 4.78 is 0. The molecule has 1 heteroatoms. The van der Waals surface area contributed by atoms with Crippen LogP contribution in [0.15, 0.2) is 127 Å². The van der Waals surface area contributed by atoms with Crippen LogP contribution in [-0.4, -0.2) is 0 Å². The maximum atomic E-state index is 6.86. The van der Waals surface area contributed by atoms with E-state index >= 15 is 0 Å². The molecule has 0 atom stereocenters. The van der Waals surface area contributed by atoms with Crippen LogP contribution in [0.25, 0.3) is 22.3 Å². The summed E-state index contributed by atoms with van der Waals surface area (Å²) in [6.07, 6.45) is 0. The molecule has 0 saturated carbocycles. The van der Waals surface area contributed by atoms with Crippen molar-refractivity contribution < 1.29 is 0 Å². The van der Waals surface area contributed by atoms with E-state index in [1.54, 1.807) is 0 Å². The van der Waals surface area contributed by atoms with Crippen LogP contribution in [0.5, 0.6) is 0 Å².